The van der Waals surface area contributed by atoms with Crippen LogP contribution in [0.1, 0.15) is 13.3 Å². The first kappa shape index (κ1) is 17.0. The van der Waals surface area contributed by atoms with Crippen molar-refractivity contribution < 1.29 is 4.79 Å². The monoisotopic (exact) mass is 328 g/mol. The summed E-state index contributed by atoms with van der Waals surface area (Å²) in [5, 5.41) is 4.32. The van der Waals surface area contributed by atoms with Crippen molar-refractivity contribution in [1.82, 2.24) is 19.7 Å². The van der Waals surface area contributed by atoms with E-state index in [9.17, 15) is 4.79 Å². The van der Waals surface area contributed by atoms with Crippen molar-refractivity contribution in [2.75, 3.05) is 39.8 Å². The number of benzene rings is 1. The molecule has 1 aliphatic rings. The zero-order valence-electron chi connectivity index (χ0n) is 14.7. The maximum Gasteiger partial charge on any atom is 0.221 e. The van der Waals surface area contributed by atoms with Gasteiger partial charge in [0.15, 0.2) is 0 Å². The molecule has 1 saturated heterocycles. The lowest BCUT2D eigenvalue weighted by Gasteiger charge is -2.36. The predicted molar refractivity (Wildman–Crippen MR) is 98.1 cm³/mol. The highest BCUT2D eigenvalue weighted by atomic mass is 16.1. The minimum Gasteiger partial charge on any atom is -0.354 e. The van der Waals surface area contributed by atoms with Gasteiger partial charge < -0.3 is 14.8 Å². The van der Waals surface area contributed by atoms with Crippen LogP contribution in [0.4, 0.5) is 0 Å². The molecule has 1 amide bonds. The average molecular weight is 328 g/mol. The minimum absolute atomic E-state index is 0.133. The SMILES string of the molecule is CC(CNC(=O)CCn1ccc2ccccc21)N1CCN(C)CC1. The van der Waals surface area contributed by atoms with Crippen LogP contribution in [0.15, 0.2) is 36.5 Å². The van der Waals surface area contributed by atoms with Crippen molar-refractivity contribution in [3.8, 4) is 0 Å². The summed E-state index contributed by atoms with van der Waals surface area (Å²) in [5.41, 5.74) is 1.19. The van der Waals surface area contributed by atoms with Gasteiger partial charge in [-0.25, -0.2) is 0 Å². The van der Waals surface area contributed by atoms with Crippen molar-refractivity contribution in [1.29, 1.82) is 0 Å². The van der Waals surface area contributed by atoms with Gasteiger partial charge in [0, 0.05) is 63.4 Å². The molecule has 2 heterocycles. The molecule has 130 valence electrons. The van der Waals surface area contributed by atoms with Gasteiger partial charge in [-0.15, -0.1) is 0 Å². The van der Waals surface area contributed by atoms with Crippen LogP contribution in [-0.2, 0) is 11.3 Å². The lowest BCUT2D eigenvalue weighted by atomic mass is 10.2. The molecule has 1 aromatic heterocycles. The van der Waals surface area contributed by atoms with E-state index in [1.54, 1.807) is 0 Å². The second-order valence-corrected chi connectivity index (χ2v) is 6.81. The minimum atomic E-state index is 0.133. The van der Waals surface area contributed by atoms with Crippen LogP contribution in [0, 0.1) is 0 Å². The first-order chi connectivity index (χ1) is 11.6. The number of piperazine rings is 1. The zero-order valence-corrected chi connectivity index (χ0v) is 14.7. The number of nitrogens with zero attached hydrogens (tertiary/aromatic N) is 3. The van der Waals surface area contributed by atoms with E-state index in [2.05, 4.69) is 58.1 Å². The third-order valence-corrected chi connectivity index (χ3v) is 5.02. The van der Waals surface area contributed by atoms with Gasteiger partial charge in [-0.2, -0.15) is 0 Å². The van der Waals surface area contributed by atoms with Gasteiger partial charge in [0.25, 0.3) is 0 Å². The van der Waals surface area contributed by atoms with E-state index in [1.165, 1.54) is 10.9 Å². The van der Waals surface area contributed by atoms with E-state index in [0.717, 1.165) is 39.3 Å². The topological polar surface area (TPSA) is 40.5 Å². The summed E-state index contributed by atoms with van der Waals surface area (Å²) in [4.78, 5) is 17.0. The number of nitrogens with one attached hydrogen (secondary N) is 1. The van der Waals surface area contributed by atoms with Crippen molar-refractivity contribution in [3.63, 3.8) is 0 Å². The average Bonchev–Trinajstić information content (AvgIpc) is 3.01. The second kappa shape index (κ2) is 7.81. The predicted octanol–water partition coefficient (Wildman–Crippen LogP) is 1.78. The molecule has 1 N–H and O–H groups in total. The van der Waals surface area contributed by atoms with Crippen LogP contribution in [0.25, 0.3) is 10.9 Å². The Balaban J connectivity index is 1.42. The number of hydrogen-bond acceptors (Lipinski definition) is 3. The molecule has 3 rings (SSSR count). The summed E-state index contributed by atoms with van der Waals surface area (Å²) in [7, 11) is 2.16. The van der Waals surface area contributed by atoms with E-state index >= 15 is 0 Å². The first-order valence-corrected chi connectivity index (χ1v) is 8.86. The molecular weight excluding hydrogens is 300 g/mol. The lowest BCUT2D eigenvalue weighted by molar-refractivity contribution is -0.121. The van der Waals surface area contributed by atoms with E-state index in [4.69, 9.17) is 0 Å². The number of amides is 1. The number of likely N-dealkylation sites (N-methyl/N-ethyl adjacent to an activating group) is 1. The molecular formula is C19H28N4O. The molecule has 0 spiro atoms. The molecule has 1 unspecified atom stereocenters. The van der Waals surface area contributed by atoms with Crippen LogP contribution < -0.4 is 5.32 Å². The molecule has 0 aliphatic carbocycles. The fraction of sp³-hybridized carbons (Fsp3) is 0.526. The van der Waals surface area contributed by atoms with Gasteiger partial charge in [-0.1, -0.05) is 18.2 Å². The van der Waals surface area contributed by atoms with Crippen LogP contribution >= 0.6 is 0 Å². The van der Waals surface area contributed by atoms with Crippen LogP contribution in [0.3, 0.4) is 0 Å². The van der Waals surface area contributed by atoms with E-state index < -0.39 is 0 Å². The number of fused-ring (bicyclic) bond motifs is 1. The Morgan fingerprint density at radius 2 is 1.92 bits per heavy atom. The highest BCUT2D eigenvalue weighted by molar-refractivity contribution is 5.80. The first-order valence-electron chi connectivity index (χ1n) is 8.86. The van der Waals surface area contributed by atoms with E-state index in [0.29, 0.717) is 12.5 Å². The van der Waals surface area contributed by atoms with Gasteiger partial charge in [-0.3, -0.25) is 9.69 Å². The molecule has 0 radical (unpaired) electrons. The van der Waals surface area contributed by atoms with Crippen LogP contribution in [-0.4, -0.2) is 66.1 Å². The van der Waals surface area contributed by atoms with Crippen LogP contribution in [0.2, 0.25) is 0 Å². The van der Waals surface area contributed by atoms with Crippen LogP contribution in [0.5, 0.6) is 0 Å². The van der Waals surface area contributed by atoms with Crippen molar-refractivity contribution in [3.05, 3.63) is 36.5 Å². The lowest BCUT2D eigenvalue weighted by Crippen LogP contribution is -2.51. The number of para-hydroxylation sites is 1. The van der Waals surface area contributed by atoms with Crippen molar-refractivity contribution in [2.24, 2.45) is 0 Å². The Morgan fingerprint density at radius 3 is 2.71 bits per heavy atom. The normalized spacial score (nSPS) is 17.9. The maximum atomic E-state index is 12.2. The highest BCUT2D eigenvalue weighted by Gasteiger charge is 2.19. The second-order valence-electron chi connectivity index (χ2n) is 6.81. The van der Waals surface area contributed by atoms with Gasteiger partial charge in [0.1, 0.15) is 0 Å². The van der Waals surface area contributed by atoms with Gasteiger partial charge in [0.05, 0.1) is 0 Å². The number of carbonyl (C=O) groups is 1. The number of carbonyl (C=O) groups excluding carboxylic acids is 1. The van der Waals surface area contributed by atoms with E-state index in [-0.39, 0.29) is 5.91 Å². The molecule has 5 heteroatoms. The number of hydrogen-bond donors (Lipinski definition) is 1. The molecule has 5 nitrogen and oxygen atoms in total. The molecule has 1 aromatic carbocycles. The summed E-state index contributed by atoms with van der Waals surface area (Å²) < 4.78 is 2.15. The molecule has 24 heavy (non-hydrogen) atoms. The summed E-state index contributed by atoms with van der Waals surface area (Å²) in [6.45, 7) is 8.05. The molecule has 0 saturated carbocycles. The Kier molecular flexibility index (Phi) is 5.53. The fourth-order valence-corrected chi connectivity index (χ4v) is 3.30. The zero-order chi connectivity index (χ0) is 16.9. The van der Waals surface area contributed by atoms with Gasteiger partial charge in [0.2, 0.25) is 5.91 Å². The Labute approximate surface area is 144 Å². The van der Waals surface area contributed by atoms with Gasteiger partial charge in [-0.05, 0) is 31.5 Å². The molecule has 0 bridgehead atoms. The van der Waals surface area contributed by atoms with E-state index in [1.807, 2.05) is 12.1 Å². The molecule has 1 fully saturated rings. The Hall–Kier alpha value is -1.85. The van der Waals surface area contributed by atoms with Crippen molar-refractivity contribution >= 4 is 16.8 Å². The summed E-state index contributed by atoms with van der Waals surface area (Å²) in [6.07, 6.45) is 2.58. The standard InChI is InChI=1S/C19H28N4O/c1-16(22-13-11-21(2)12-14-22)15-20-19(24)8-10-23-9-7-17-5-3-4-6-18(17)23/h3-7,9,16H,8,10-15H2,1-2H3,(H,20,24). The van der Waals surface area contributed by atoms with Crippen molar-refractivity contribution in [2.45, 2.75) is 25.9 Å². The summed E-state index contributed by atoms with van der Waals surface area (Å²) in [5.74, 6) is 0.133. The highest BCUT2D eigenvalue weighted by Crippen LogP contribution is 2.15. The Morgan fingerprint density at radius 1 is 1.17 bits per heavy atom. The summed E-state index contributed by atoms with van der Waals surface area (Å²) >= 11 is 0. The number of rotatable bonds is 6. The fourth-order valence-electron chi connectivity index (χ4n) is 3.30. The molecule has 1 aliphatic heterocycles. The largest absolute Gasteiger partial charge is 0.354 e. The third kappa shape index (κ3) is 4.16. The smallest absolute Gasteiger partial charge is 0.221 e. The van der Waals surface area contributed by atoms with Gasteiger partial charge >= 0.3 is 0 Å². The maximum absolute atomic E-state index is 12.2. The molecule has 1 atom stereocenters. The summed E-state index contributed by atoms with van der Waals surface area (Å²) in [6, 6.07) is 10.8. The quantitative estimate of drug-likeness (QED) is 0.879. The Bertz CT molecular complexity index is 673. The third-order valence-electron chi connectivity index (χ3n) is 5.02. The number of aromatic nitrogens is 1. The molecule has 2 aromatic rings. The number of aryl methyl sites for hydroxylation is 1.